The second kappa shape index (κ2) is 7.45. The summed E-state index contributed by atoms with van der Waals surface area (Å²) >= 11 is 1.70. The molecule has 6 heteroatoms. The summed E-state index contributed by atoms with van der Waals surface area (Å²) in [7, 11) is 0. The van der Waals surface area contributed by atoms with Crippen LogP contribution in [0.25, 0.3) is 0 Å². The van der Waals surface area contributed by atoms with Gasteiger partial charge >= 0.3 is 0 Å². The SMILES string of the molecule is Cc1cnc(N2CCN(C(=O)CCc3ccccc3C#N)CC2)s1. The Morgan fingerprint density at radius 3 is 2.71 bits per heavy atom. The van der Waals surface area contributed by atoms with Crippen molar-refractivity contribution in [2.24, 2.45) is 0 Å². The molecule has 1 aromatic carbocycles. The fourth-order valence-electron chi connectivity index (χ4n) is 2.88. The summed E-state index contributed by atoms with van der Waals surface area (Å²) in [4.78, 5) is 22.2. The zero-order valence-electron chi connectivity index (χ0n) is 13.7. The van der Waals surface area contributed by atoms with Crippen molar-refractivity contribution < 1.29 is 4.79 Å². The maximum absolute atomic E-state index is 12.4. The van der Waals surface area contributed by atoms with Gasteiger partial charge in [0.1, 0.15) is 0 Å². The summed E-state index contributed by atoms with van der Waals surface area (Å²) in [5.41, 5.74) is 1.61. The van der Waals surface area contributed by atoms with E-state index in [1.165, 1.54) is 4.88 Å². The molecule has 0 aliphatic carbocycles. The molecular weight excluding hydrogens is 320 g/mol. The van der Waals surface area contributed by atoms with Crippen molar-refractivity contribution in [2.75, 3.05) is 31.1 Å². The van der Waals surface area contributed by atoms with E-state index in [4.69, 9.17) is 5.26 Å². The Kier molecular flexibility index (Phi) is 5.11. The first-order valence-corrected chi connectivity index (χ1v) is 8.92. The molecule has 2 heterocycles. The standard InChI is InChI=1S/C18H20N4OS/c1-14-13-20-18(24-14)22-10-8-21(9-11-22)17(23)7-6-15-4-2-3-5-16(15)12-19/h2-5,13H,6-11H2,1H3. The number of thiazole rings is 1. The zero-order valence-corrected chi connectivity index (χ0v) is 14.6. The average Bonchev–Trinajstić information content (AvgIpc) is 3.06. The number of piperazine rings is 1. The van der Waals surface area contributed by atoms with E-state index in [1.807, 2.05) is 29.3 Å². The Balaban J connectivity index is 1.51. The Bertz CT molecular complexity index is 756. The molecule has 0 N–H and O–H groups in total. The highest BCUT2D eigenvalue weighted by Gasteiger charge is 2.22. The molecule has 1 saturated heterocycles. The van der Waals surface area contributed by atoms with Crippen molar-refractivity contribution in [1.29, 1.82) is 5.26 Å². The Hall–Kier alpha value is -2.39. The van der Waals surface area contributed by atoms with E-state index in [0.717, 1.165) is 36.9 Å². The molecule has 1 fully saturated rings. The van der Waals surface area contributed by atoms with E-state index >= 15 is 0 Å². The average molecular weight is 340 g/mol. The van der Waals surface area contributed by atoms with Gasteiger partial charge in [0, 0.05) is 43.7 Å². The van der Waals surface area contributed by atoms with Crippen molar-refractivity contribution in [3.63, 3.8) is 0 Å². The first-order chi connectivity index (χ1) is 11.7. The number of carbonyl (C=O) groups is 1. The quantitative estimate of drug-likeness (QED) is 0.858. The molecule has 0 spiro atoms. The third kappa shape index (κ3) is 3.74. The summed E-state index contributed by atoms with van der Waals surface area (Å²) < 4.78 is 0. The first kappa shape index (κ1) is 16.5. The lowest BCUT2D eigenvalue weighted by molar-refractivity contribution is -0.131. The number of hydrogen-bond donors (Lipinski definition) is 0. The van der Waals surface area contributed by atoms with Crippen LogP contribution in [-0.4, -0.2) is 42.0 Å². The number of aryl methyl sites for hydroxylation is 2. The van der Waals surface area contributed by atoms with Gasteiger partial charge in [-0.3, -0.25) is 4.79 Å². The number of anilines is 1. The van der Waals surface area contributed by atoms with Gasteiger partial charge in [-0.25, -0.2) is 4.98 Å². The van der Waals surface area contributed by atoms with E-state index in [1.54, 1.807) is 17.4 Å². The zero-order chi connectivity index (χ0) is 16.9. The van der Waals surface area contributed by atoms with Crippen LogP contribution in [0, 0.1) is 18.3 Å². The molecule has 3 rings (SSSR count). The highest BCUT2D eigenvalue weighted by atomic mass is 32.1. The second-order valence-corrected chi connectivity index (χ2v) is 7.10. The Labute approximate surface area is 146 Å². The molecule has 0 atom stereocenters. The molecule has 2 aromatic rings. The Morgan fingerprint density at radius 1 is 1.29 bits per heavy atom. The Morgan fingerprint density at radius 2 is 2.04 bits per heavy atom. The highest BCUT2D eigenvalue weighted by molar-refractivity contribution is 7.15. The van der Waals surface area contributed by atoms with E-state index in [9.17, 15) is 4.79 Å². The van der Waals surface area contributed by atoms with Crippen LogP contribution < -0.4 is 4.90 Å². The number of benzene rings is 1. The van der Waals surface area contributed by atoms with E-state index < -0.39 is 0 Å². The molecule has 24 heavy (non-hydrogen) atoms. The van der Waals surface area contributed by atoms with Crippen LogP contribution in [0.15, 0.2) is 30.5 Å². The number of amides is 1. The van der Waals surface area contributed by atoms with Crippen LogP contribution >= 0.6 is 11.3 Å². The number of hydrogen-bond acceptors (Lipinski definition) is 5. The van der Waals surface area contributed by atoms with Crippen LogP contribution in [0.4, 0.5) is 5.13 Å². The molecule has 0 bridgehead atoms. The summed E-state index contributed by atoms with van der Waals surface area (Å²) in [5, 5.41) is 10.2. The number of aromatic nitrogens is 1. The minimum absolute atomic E-state index is 0.165. The minimum atomic E-state index is 0.165. The van der Waals surface area contributed by atoms with Gasteiger partial charge in [0.15, 0.2) is 5.13 Å². The molecule has 1 aliphatic rings. The largest absolute Gasteiger partial charge is 0.345 e. The second-order valence-electron chi connectivity index (χ2n) is 5.89. The molecule has 0 unspecified atom stereocenters. The van der Waals surface area contributed by atoms with E-state index in [2.05, 4.69) is 22.9 Å². The molecule has 0 radical (unpaired) electrons. The number of nitriles is 1. The summed E-state index contributed by atoms with van der Waals surface area (Å²) in [5.74, 6) is 0.165. The monoisotopic (exact) mass is 340 g/mol. The topological polar surface area (TPSA) is 60.2 Å². The number of rotatable bonds is 4. The van der Waals surface area contributed by atoms with Gasteiger partial charge in [-0.05, 0) is 25.0 Å². The minimum Gasteiger partial charge on any atom is -0.345 e. The maximum Gasteiger partial charge on any atom is 0.223 e. The van der Waals surface area contributed by atoms with E-state index in [-0.39, 0.29) is 5.91 Å². The van der Waals surface area contributed by atoms with Gasteiger partial charge in [-0.1, -0.05) is 18.2 Å². The lowest BCUT2D eigenvalue weighted by Gasteiger charge is -2.34. The predicted molar refractivity (Wildman–Crippen MR) is 95.1 cm³/mol. The smallest absolute Gasteiger partial charge is 0.223 e. The third-order valence-corrected chi connectivity index (χ3v) is 5.23. The molecule has 1 amide bonds. The van der Waals surface area contributed by atoms with Gasteiger partial charge in [0.25, 0.3) is 0 Å². The third-order valence-electron chi connectivity index (χ3n) is 4.26. The van der Waals surface area contributed by atoms with E-state index in [0.29, 0.717) is 18.4 Å². The maximum atomic E-state index is 12.4. The van der Waals surface area contributed by atoms with Crippen molar-refractivity contribution in [1.82, 2.24) is 9.88 Å². The van der Waals surface area contributed by atoms with Crippen molar-refractivity contribution in [3.8, 4) is 6.07 Å². The summed E-state index contributed by atoms with van der Waals surface area (Å²) in [6, 6.07) is 9.68. The number of carbonyl (C=O) groups excluding carboxylic acids is 1. The first-order valence-electron chi connectivity index (χ1n) is 8.10. The predicted octanol–water partition coefficient (Wildman–Crippen LogP) is 2.60. The summed E-state index contributed by atoms with van der Waals surface area (Å²) in [6.07, 6.45) is 2.97. The van der Waals surface area contributed by atoms with Crippen LogP contribution in [0.1, 0.15) is 22.4 Å². The lowest BCUT2D eigenvalue weighted by Crippen LogP contribution is -2.48. The van der Waals surface area contributed by atoms with Gasteiger partial charge in [-0.15, -0.1) is 11.3 Å². The summed E-state index contributed by atoms with van der Waals surface area (Å²) in [6.45, 7) is 5.18. The van der Waals surface area contributed by atoms with Crippen molar-refractivity contribution in [3.05, 3.63) is 46.5 Å². The van der Waals surface area contributed by atoms with Gasteiger partial charge in [0.05, 0.1) is 11.6 Å². The van der Waals surface area contributed by atoms with Crippen molar-refractivity contribution >= 4 is 22.4 Å². The van der Waals surface area contributed by atoms with Gasteiger partial charge < -0.3 is 9.80 Å². The molecule has 124 valence electrons. The van der Waals surface area contributed by atoms with Crippen LogP contribution in [0.2, 0.25) is 0 Å². The van der Waals surface area contributed by atoms with Gasteiger partial charge in [0.2, 0.25) is 5.91 Å². The molecule has 1 aromatic heterocycles. The lowest BCUT2D eigenvalue weighted by atomic mass is 10.0. The van der Waals surface area contributed by atoms with Crippen molar-refractivity contribution in [2.45, 2.75) is 19.8 Å². The van der Waals surface area contributed by atoms with Gasteiger partial charge in [-0.2, -0.15) is 5.26 Å². The normalized spacial score (nSPS) is 14.5. The molecule has 1 aliphatic heterocycles. The number of nitrogens with zero attached hydrogens (tertiary/aromatic N) is 4. The fourth-order valence-corrected chi connectivity index (χ4v) is 3.69. The fraction of sp³-hybridized carbons (Fsp3) is 0.389. The highest BCUT2D eigenvalue weighted by Crippen LogP contribution is 2.23. The molecule has 5 nitrogen and oxygen atoms in total. The van der Waals surface area contributed by atoms with Crippen LogP contribution in [0.5, 0.6) is 0 Å². The molecular formula is C18H20N4OS. The van der Waals surface area contributed by atoms with Crippen LogP contribution in [0.3, 0.4) is 0 Å². The molecule has 0 saturated carbocycles. The van der Waals surface area contributed by atoms with Crippen LogP contribution in [-0.2, 0) is 11.2 Å².